The summed E-state index contributed by atoms with van der Waals surface area (Å²) in [7, 11) is 0. The van der Waals surface area contributed by atoms with E-state index in [1.165, 1.54) is 0 Å². The van der Waals surface area contributed by atoms with Gasteiger partial charge in [-0.05, 0) is 18.4 Å². The summed E-state index contributed by atoms with van der Waals surface area (Å²) in [6, 6.07) is 9.27. The summed E-state index contributed by atoms with van der Waals surface area (Å²) in [5.74, 6) is 0.0805. The minimum absolute atomic E-state index is 0.00722. The number of amides is 2. The van der Waals surface area contributed by atoms with Crippen molar-refractivity contribution in [2.75, 3.05) is 6.54 Å². The Bertz CT molecular complexity index is 448. The van der Waals surface area contributed by atoms with E-state index in [2.05, 4.69) is 5.32 Å². The summed E-state index contributed by atoms with van der Waals surface area (Å²) in [5, 5.41) is 3.00. The van der Waals surface area contributed by atoms with Crippen molar-refractivity contribution in [1.29, 1.82) is 0 Å². The number of carbonyl (C=O) groups is 2. The van der Waals surface area contributed by atoms with Gasteiger partial charge in [-0.1, -0.05) is 30.3 Å². The van der Waals surface area contributed by atoms with Gasteiger partial charge in [-0.3, -0.25) is 9.59 Å². The summed E-state index contributed by atoms with van der Waals surface area (Å²) in [5.41, 5.74) is 1.00. The van der Waals surface area contributed by atoms with Crippen molar-refractivity contribution in [3.63, 3.8) is 0 Å². The first-order chi connectivity index (χ1) is 8.75. The molecule has 3 rings (SSSR count). The Morgan fingerprint density at radius 2 is 1.94 bits per heavy atom. The lowest BCUT2D eigenvalue weighted by Crippen LogP contribution is -2.41. The molecule has 2 fully saturated rings. The van der Waals surface area contributed by atoms with E-state index in [0.717, 1.165) is 24.9 Å². The van der Waals surface area contributed by atoms with Gasteiger partial charge in [0.1, 0.15) is 6.04 Å². The van der Waals surface area contributed by atoms with Gasteiger partial charge in [0.05, 0.1) is 12.5 Å². The second-order valence-corrected chi connectivity index (χ2v) is 4.92. The Morgan fingerprint density at radius 3 is 2.72 bits per heavy atom. The fraction of sp³-hybridized carbons (Fsp3) is 0.429. The maximum atomic E-state index is 12.2. The van der Waals surface area contributed by atoms with Gasteiger partial charge in [0.15, 0.2) is 0 Å². The molecule has 0 bridgehead atoms. The molecule has 94 valence electrons. The molecule has 1 N–H and O–H groups in total. The topological polar surface area (TPSA) is 49.4 Å². The molecule has 1 aromatic rings. The lowest BCUT2D eigenvalue weighted by molar-refractivity contribution is -0.135. The predicted molar refractivity (Wildman–Crippen MR) is 66.7 cm³/mol. The SMILES string of the molecule is O=C1N[C@H](c2ccccc2)CC(=O)N2CCC[C@@H]12. The van der Waals surface area contributed by atoms with Crippen LogP contribution in [0.5, 0.6) is 0 Å². The van der Waals surface area contributed by atoms with Crippen LogP contribution in [0.1, 0.15) is 30.9 Å². The summed E-state index contributed by atoms with van der Waals surface area (Å²) >= 11 is 0. The van der Waals surface area contributed by atoms with Gasteiger partial charge < -0.3 is 10.2 Å². The first-order valence-corrected chi connectivity index (χ1v) is 6.40. The Morgan fingerprint density at radius 1 is 1.17 bits per heavy atom. The van der Waals surface area contributed by atoms with Gasteiger partial charge in [0.2, 0.25) is 11.8 Å². The molecule has 0 aliphatic carbocycles. The minimum atomic E-state index is -0.244. The summed E-state index contributed by atoms with van der Waals surface area (Å²) in [6.45, 7) is 0.721. The van der Waals surface area contributed by atoms with Crippen LogP contribution in [0.25, 0.3) is 0 Å². The number of nitrogens with zero attached hydrogens (tertiary/aromatic N) is 1. The lowest BCUT2D eigenvalue weighted by atomic mass is 10.0. The molecule has 0 radical (unpaired) electrons. The molecule has 2 heterocycles. The number of benzene rings is 1. The molecule has 18 heavy (non-hydrogen) atoms. The molecule has 4 nitrogen and oxygen atoms in total. The minimum Gasteiger partial charge on any atom is -0.347 e. The monoisotopic (exact) mass is 244 g/mol. The zero-order chi connectivity index (χ0) is 12.5. The highest BCUT2D eigenvalue weighted by atomic mass is 16.2. The van der Waals surface area contributed by atoms with E-state index >= 15 is 0 Å². The molecule has 4 heteroatoms. The number of rotatable bonds is 1. The van der Waals surface area contributed by atoms with Gasteiger partial charge in [0, 0.05) is 6.54 Å². The fourth-order valence-corrected chi connectivity index (χ4v) is 2.84. The van der Waals surface area contributed by atoms with Crippen molar-refractivity contribution in [2.24, 2.45) is 0 Å². The molecule has 2 saturated heterocycles. The van der Waals surface area contributed by atoms with E-state index in [1.807, 2.05) is 30.3 Å². The largest absolute Gasteiger partial charge is 0.347 e. The zero-order valence-electron chi connectivity index (χ0n) is 10.1. The lowest BCUT2D eigenvalue weighted by Gasteiger charge is -2.19. The second-order valence-electron chi connectivity index (χ2n) is 4.92. The van der Waals surface area contributed by atoms with Crippen LogP contribution < -0.4 is 5.32 Å². The van der Waals surface area contributed by atoms with Crippen molar-refractivity contribution in [3.8, 4) is 0 Å². The van der Waals surface area contributed by atoms with E-state index in [1.54, 1.807) is 4.90 Å². The first-order valence-electron chi connectivity index (χ1n) is 6.40. The molecule has 2 aliphatic rings. The van der Waals surface area contributed by atoms with E-state index < -0.39 is 0 Å². The van der Waals surface area contributed by atoms with Crippen molar-refractivity contribution in [2.45, 2.75) is 31.3 Å². The third kappa shape index (κ3) is 1.88. The van der Waals surface area contributed by atoms with Crippen molar-refractivity contribution < 1.29 is 9.59 Å². The number of carbonyl (C=O) groups excluding carboxylic acids is 2. The molecular weight excluding hydrogens is 228 g/mol. The maximum absolute atomic E-state index is 12.2. The number of hydrogen-bond donors (Lipinski definition) is 1. The molecule has 0 spiro atoms. The van der Waals surface area contributed by atoms with Gasteiger partial charge in [0.25, 0.3) is 0 Å². The van der Waals surface area contributed by atoms with Crippen LogP contribution in [0, 0.1) is 0 Å². The maximum Gasteiger partial charge on any atom is 0.243 e. The molecule has 0 aromatic heterocycles. The predicted octanol–water partition coefficient (Wildman–Crippen LogP) is 1.24. The Kier molecular flexibility index (Phi) is 2.78. The van der Waals surface area contributed by atoms with Gasteiger partial charge >= 0.3 is 0 Å². The highest BCUT2D eigenvalue weighted by molar-refractivity contribution is 5.91. The molecular formula is C14H16N2O2. The first kappa shape index (κ1) is 11.3. The normalized spacial score (nSPS) is 27.7. The van der Waals surface area contributed by atoms with Crippen LogP contribution in [-0.2, 0) is 9.59 Å². The van der Waals surface area contributed by atoms with Crippen LogP contribution in [0.15, 0.2) is 30.3 Å². The van der Waals surface area contributed by atoms with E-state index in [0.29, 0.717) is 6.42 Å². The fourth-order valence-electron chi connectivity index (χ4n) is 2.84. The standard InChI is InChI=1S/C14H16N2O2/c17-13-9-11(10-5-2-1-3-6-10)15-14(18)12-7-4-8-16(12)13/h1-3,5-6,11-12H,4,7-9H2,(H,15,18)/t11-,12-/m0/s1. The molecule has 2 aliphatic heterocycles. The van der Waals surface area contributed by atoms with E-state index in [4.69, 9.17) is 0 Å². The molecule has 0 unspecified atom stereocenters. The van der Waals surface area contributed by atoms with Crippen molar-refractivity contribution >= 4 is 11.8 Å². The summed E-state index contributed by atoms with van der Waals surface area (Å²) < 4.78 is 0. The highest BCUT2D eigenvalue weighted by Crippen LogP contribution is 2.27. The summed E-state index contributed by atoms with van der Waals surface area (Å²) in [6.07, 6.45) is 2.09. The number of hydrogen-bond acceptors (Lipinski definition) is 2. The second kappa shape index (κ2) is 4.44. The third-order valence-electron chi connectivity index (χ3n) is 3.77. The van der Waals surface area contributed by atoms with Crippen LogP contribution in [0.4, 0.5) is 0 Å². The van der Waals surface area contributed by atoms with Crippen LogP contribution >= 0.6 is 0 Å². The Labute approximate surface area is 106 Å². The molecule has 0 saturated carbocycles. The molecule has 2 atom stereocenters. The van der Waals surface area contributed by atoms with Crippen LogP contribution in [-0.4, -0.2) is 29.3 Å². The number of fused-ring (bicyclic) bond motifs is 1. The third-order valence-corrected chi connectivity index (χ3v) is 3.77. The average Bonchev–Trinajstić information content (AvgIpc) is 2.84. The quantitative estimate of drug-likeness (QED) is 0.808. The van der Waals surface area contributed by atoms with Crippen LogP contribution in [0.2, 0.25) is 0 Å². The summed E-state index contributed by atoms with van der Waals surface area (Å²) in [4.78, 5) is 26.0. The van der Waals surface area contributed by atoms with Gasteiger partial charge in [-0.25, -0.2) is 0 Å². The van der Waals surface area contributed by atoms with E-state index in [-0.39, 0.29) is 23.9 Å². The molecule has 1 aromatic carbocycles. The smallest absolute Gasteiger partial charge is 0.243 e. The van der Waals surface area contributed by atoms with Gasteiger partial charge in [-0.2, -0.15) is 0 Å². The van der Waals surface area contributed by atoms with Crippen molar-refractivity contribution in [1.82, 2.24) is 10.2 Å². The van der Waals surface area contributed by atoms with E-state index in [9.17, 15) is 9.59 Å². The number of nitrogens with one attached hydrogen (secondary N) is 1. The van der Waals surface area contributed by atoms with Crippen LogP contribution in [0.3, 0.4) is 0 Å². The zero-order valence-corrected chi connectivity index (χ0v) is 10.1. The highest BCUT2D eigenvalue weighted by Gasteiger charge is 2.38. The van der Waals surface area contributed by atoms with Crippen molar-refractivity contribution in [3.05, 3.63) is 35.9 Å². The Hall–Kier alpha value is -1.84. The average molecular weight is 244 g/mol. The molecule has 2 amide bonds. The van der Waals surface area contributed by atoms with Gasteiger partial charge in [-0.15, -0.1) is 0 Å². The Balaban J connectivity index is 1.87.